The summed E-state index contributed by atoms with van der Waals surface area (Å²) >= 11 is 0. The van der Waals surface area contributed by atoms with E-state index in [4.69, 9.17) is 4.74 Å². The molecule has 0 aromatic carbocycles. The van der Waals surface area contributed by atoms with Crippen LogP contribution < -0.4 is 5.32 Å². The Balaban J connectivity index is 1.74. The van der Waals surface area contributed by atoms with Crippen molar-refractivity contribution in [2.24, 2.45) is 18.0 Å². The smallest absolute Gasteiger partial charge is 0.193 e. The molecule has 2 rings (SSSR count). The average molecular weight is 292 g/mol. The van der Waals surface area contributed by atoms with E-state index in [9.17, 15) is 0 Å². The van der Waals surface area contributed by atoms with Crippen LogP contribution in [0.15, 0.2) is 23.5 Å². The second-order valence-corrected chi connectivity index (χ2v) is 5.85. The summed E-state index contributed by atoms with van der Waals surface area (Å²) in [6.45, 7) is 3.71. The highest BCUT2D eigenvalue weighted by molar-refractivity contribution is 5.79. The molecule has 1 aliphatic rings. The van der Waals surface area contributed by atoms with Crippen molar-refractivity contribution >= 4 is 5.96 Å². The first-order valence-corrected chi connectivity index (χ1v) is 7.79. The van der Waals surface area contributed by atoms with E-state index in [0.717, 1.165) is 38.2 Å². The number of aromatic nitrogens is 1. The molecule has 1 aliphatic heterocycles. The molecular weight excluding hydrogens is 264 g/mol. The van der Waals surface area contributed by atoms with Gasteiger partial charge in [-0.3, -0.25) is 4.99 Å². The van der Waals surface area contributed by atoms with Crippen molar-refractivity contribution < 1.29 is 4.74 Å². The zero-order valence-electron chi connectivity index (χ0n) is 13.5. The molecule has 5 heteroatoms. The van der Waals surface area contributed by atoms with E-state index in [1.807, 2.05) is 14.1 Å². The van der Waals surface area contributed by atoms with Crippen LogP contribution in [0.5, 0.6) is 0 Å². The molecule has 1 saturated heterocycles. The van der Waals surface area contributed by atoms with Crippen LogP contribution in [0.2, 0.25) is 0 Å². The number of hydrogen-bond donors (Lipinski definition) is 1. The van der Waals surface area contributed by atoms with Crippen LogP contribution in [-0.2, 0) is 18.3 Å². The summed E-state index contributed by atoms with van der Waals surface area (Å²) in [5.41, 5.74) is 1.27. The fraction of sp³-hybridized carbons (Fsp3) is 0.688. The Hall–Kier alpha value is -1.49. The summed E-state index contributed by atoms with van der Waals surface area (Å²) in [5.74, 6) is 1.76. The van der Waals surface area contributed by atoms with Crippen LogP contribution in [0.4, 0.5) is 0 Å². The van der Waals surface area contributed by atoms with Gasteiger partial charge in [-0.2, -0.15) is 0 Å². The molecule has 5 nitrogen and oxygen atoms in total. The maximum Gasteiger partial charge on any atom is 0.193 e. The van der Waals surface area contributed by atoms with Gasteiger partial charge in [-0.15, -0.1) is 0 Å². The first-order chi connectivity index (χ1) is 10.2. The van der Waals surface area contributed by atoms with Crippen molar-refractivity contribution in [1.82, 2.24) is 14.8 Å². The molecule has 0 spiro atoms. The third kappa shape index (κ3) is 5.08. The number of aliphatic imine (C=N–C) groups is 1. The summed E-state index contributed by atoms with van der Waals surface area (Å²) < 4.78 is 7.48. The molecule has 0 aliphatic carbocycles. The van der Waals surface area contributed by atoms with Crippen molar-refractivity contribution in [2.75, 3.05) is 33.9 Å². The van der Waals surface area contributed by atoms with Gasteiger partial charge in [0, 0.05) is 59.8 Å². The van der Waals surface area contributed by atoms with Gasteiger partial charge in [-0.1, -0.05) is 0 Å². The van der Waals surface area contributed by atoms with Crippen LogP contribution in [0.3, 0.4) is 0 Å². The van der Waals surface area contributed by atoms with Crippen LogP contribution in [0, 0.1) is 5.92 Å². The van der Waals surface area contributed by atoms with Crippen molar-refractivity contribution in [3.63, 3.8) is 0 Å². The van der Waals surface area contributed by atoms with Crippen LogP contribution in [0.1, 0.15) is 24.8 Å². The number of guanidine groups is 1. The molecule has 1 aromatic rings. The lowest BCUT2D eigenvalue weighted by atomic mass is 9.96. The van der Waals surface area contributed by atoms with Gasteiger partial charge in [0.25, 0.3) is 0 Å². The lowest BCUT2D eigenvalue weighted by Crippen LogP contribution is -2.39. The van der Waals surface area contributed by atoms with E-state index in [1.54, 1.807) is 0 Å². The van der Waals surface area contributed by atoms with E-state index in [2.05, 4.69) is 45.3 Å². The molecule has 0 unspecified atom stereocenters. The van der Waals surface area contributed by atoms with Crippen LogP contribution in [-0.4, -0.2) is 49.3 Å². The van der Waals surface area contributed by atoms with Gasteiger partial charge >= 0.3 is 0 Å². The quantitative estimate of drug-likeness (QED) is 0.665. The maximum atomic E-state index is 5.41. The van der Waals surface area contributed by atoms with Crippen molar-refractivity contribution in [1.29, 1.82) is 0 Å². The Bertz CT molecular complexity index is 449. The third-order valence-electron chi connectivity index (χ3n) is 4.13. The number of nitrogens with one attached hydrogen (secondary N) is 1. The Labute approximate surface area is 128 Å². The van der Waals surface area contributed by atoms with Gasteiger partial charge in [0.15, 0.2) is 5.96 Å². The summed E-state index contributed by atoms with van der Waals surface area (Å²) in [6.07, 6.45) is 7.80. The van der Waals surface area contributed by atoms with E-state index < -0.39 is 0 Å². The van der Waals surface area contributed by atoms with Crippen molar-refractivity contribution in [2.45, 2.75) is 25.8 Å². The highest BCUT2D eigenvalue weighted by Gasteiger charge is 2.15. The van der Waals surface area contributed by atoms with Gasteiger partial charge in [-0.25, -0.2) is 0 Å². The standard InChI is InChI=1S/C16H28N4O/c1-17-16(18-12-15-4-8-19(2)13-15)20(3)9-5-14-6-10-21-11-7-14/h4,8,13-14H,5-7,9-12H2,1-3H3,(H,17,18). The normalized spacial score (nSPS) is 17.0. The van der Waals surface area contributed by atoms with E-state index in [0.29, 0.717) is 0 Å². The molecule has 0 radical (unpaired) electrons. The van der Waals surface area contributed by atoms with Gasteiger partial charge in [0.1, 0.15) is 0 Å². The Kier molecular flexibility index (Phi) is 6.11. The molecule has 0 saturated carbocycles. The highest BCUT2D eigenvalue weighted by atomic mass is 16.5. The number of rotatable bonds is 5. The number of ether oxygens (including phenoxy) is 1. The minimum Gasteiger partial charge on any atom is -0.381 e. The molecule has 21 heavy (non-hydrogen) atoms. The van der Waals surface area contributed by atoms with Crippen LogP contribution in [0.25, 0.3) is 0 Å². The van der Waals surface area contributed by atoms with Crippen molar-refractivity contribution in [3.05, 3.63) is 24.0 Å². The lowest BCUT2D eigenvalue weighted by molar-refractivity contribution is 0.0625. The third-order valence-corrected chi connectivity index (χ3v) is 4.13. The molecule has 1 aromatic heterocycles. The second-order valence-electron chi connectivity index (χ2n) is 5.85. The minimum atomic E-state index is 0.799. The summed E-state index contributed by atoms with van der Waals surface area (Å²) in [7, 11) is 6.00. The zero-order valence-corrected chi connectivity index (χ0v) is 13.5. The van der Waals surface area contributed by atoms with Gasteiger partial charge < -0.3 is 19.5 Å². The molecular formula is C16H28N4O. The fourth-order valence-corrected chi connectivity index (χ4v) is 2.75. The van der Waals surface area contributed by atoms with E-state index in [1.165, 1.54) is 24.8 Å². The molecule has 0 atom stereocenters. The Morgan fingerprint density at radius 1 is 1.48 bits per heavy atom. The highest BCUT2D eigenvalue weighted by Crippen LogP contribution is 2.18. The van der Waals surface area contributed by atoms with E-state index in [-0.39, 0.29) is 0 Å². The van der Waals surface area contributed by atoms with Gasteiger partial charge in [0.05, 0.1) is 0 Å². The Morgan fingerprint density at radius 3 is 2.86 bits per heavy atom. The monoisotopic (exact) mass is 292 g/mol. The SMILES string of the molecule is CN=C(NCc1ccn(C)c1)N(C)CCC1CCOCC1. The predicted octanol–water partition coefficient (Wildman–Crippen LogP) is 1.85. The molecule has 2 heterocycles. The summed E-state index contributed by atoms with van der Waals surface area (Å²) in [6, 6.07) is 2.13. The maximum absolute atomic E-state index is 5.41. The Morgan fingerprint density at radius 2 is 2.24 bits per heavy atom. The summed E-state index contributed by atoms with van der Waals surface area (Å²) in [4.78, 5) is 6.59. The van der Waals surface area contributed by atoms with E-state index >= 15 is 0 Å². The second kappa shape index (κ2) is 8.08. The molecule has 0 amide bonds. The fourth-order valence-electron chi connectivity index (χ4n) is 2.75. The predicted molar refractivity (Wildman–Crippen MR) is 86.4 cm³/mol. The molecule has 0 bridgehead atoms. The minimum absolute atomic E-state index is 0.799. The zero-order chi connectivity index (χ0) is 15.1. The number of nitrogens with zero attached hydrogens (tertiary/aromatic N) is 3. The topological polar surface area (TPSA) is 41.8 Å². The average Bonchev–Trinajstić information content (AvgIpc) is 2.92. The largest absolute Gasteiger partial charge is 0.381 e. The number of aryl methyl sites for hydroxylation is 1. The number of hydrogen-bond acceptors (Lipinski definition) is 2. The van der Waals surface area contributed by atoms with Gasteiger partial charge in [0.2, 0.25) is 0 Å². The first-order valence-electron chi connectivity index (χ1n) is 7.79. The first kappa shape index (κ1) is 15.9. The summed E-state index contributed by atoms with van der Waals surface area (Å²) in [5, 5.41) is 3.42. The van der Waals surface area contributed by atoms with Crippen molar-refractivity contribution in [3.8, 4) is 0 Å². The molecule has 1 N–H and O–H groups in total. The molecule has 1 fully saturated rings. The molecule has 118 valence electrons. The lowest BCUT2D eigenvalue weighted by Gasteiger charge is -2.26. The van der Waals surface area contributed by atoms with Crippen LogP contribution >= 0.6 is 0 Å². The van der Waals surface area contributed by atoms with Gasteiger partial charge in [-0.05, 0) is 36.8 Å².